The third kappa shape index (κ3) is 2.95. The summed E-state index contributed by atoms with van der Waals surface area (Å²) in [5.41, 5.74) is -0.107. The number of morpholine rings is 1. The summed E-state index contributed by atoms with van der Waals surface area (Å²) in [4.78, 5) is 5.04. The molecule has 4 rings (SSSR count). The van der Waals surface area contributed by atoms with Crippen LogP contribution in [0.4, 0.5) is 5.82 Å². The van der Waals surface area contributed by atoms with E-state index in [4.69, 9.17) is 9.84 Å². The van der Waals surface area contributed by atoms with Gasteiger partial charge in [-0.2, -0.15) is 5.10 Å². The van der Waals surface area contributed by atoms with Crippen molar-refractivity contribution >= 4 is 5.82 Å². The molecule has 5 nitrogen and oxygen atoms in total. The van der Waals surface area contributed by atoms with E-state index in [1.54, 1.807) is 0 Å². The second kappa shape index (κ2) is 6.13. The zero-order valence-corrected chi connectivity index (χ0v) is 13.9. The minimum atomic E-state index is -0.107. The second-order valence-corrected chi connectivity index (χ2v) is 6.93. The van der Waals surface area contributed by atoms with Crippen LogP contribution in [0.5, 0.6) is 0 Å². The number of nitrogens with zero attached hydrogens (tertiary/aromatic N) is 4. The van der Waals surface area contributed by atoms with Crippen molar-refractivity contribution in [1.82, 2.24) is 14.7 Å². The lowest BCUT2D eigenvalue weighted by Gasteiger charge is -2.40. The molecule has 0 N–H and O–H groups in total. The van der Waals surface area contributed by atoms with E-state index in [0.29, 0.717) is 0 Å². The van der Waals surface area contributed by atoms with Gasteiger partial charge in [0.1, 0.15) is 0 Å². The van der Waals surface area contributed by atoms with Crippen molar-refractivity contribution in [1.29, 1.82) is 0 Å². The van der Waals surface area contributed by atoms with E-state index < -0.39 is 0 Å². The van der Waals surface area contributed by atoms with Gasteiger partial charge >= 0.3 is 0 Å². The molecular formula is C18H26N4O. The Balaban J connectivity index is 1.38. The summed E-state index contributed by atoms with van der Waals surface area (Å²) < 4.78 is 7.53. The van der Waals surface area contributed by atoms with Gasteiger partial charge in [0.05, 0.1) is 18.8 Å². The standard InChI is InChI=1S/C18H26N4O/c1-18(7-2-3-8-18)22-11-6-17(19-22)21-9-4-16(5-10-21)20-12-14-23-15-13-20/h2-3,6-8,11,16H,4-5,9-10,12-15H2,1H3. The van der Waals surface area contributed by atoms with Crippen LogP contribution in [0, 0.1) is 0 Å². The molecule has 0 aromatic carbocycles. The number of ether oxygens (including phenoxy) is 1. The third-order valence-electron chi connectivity index (χ3n) is 5.40. The van der Waals surface area contributed by atoms with Crippen LogP contribution >= 0.6 is 0 Å². The van der Waals surface area contributed by atoms with Gasteiger partial charge in [0.25, 0.3) is 0 Å². The molecule has 0 unspecified atom stereocenters. The van der Waals surface area contributed by atoms with Crippen LogP contribution in [0.1, 0.15) is 19.8 Å². The maximum Gasteiger partial charge on any atom is 0.150 e. The first-order chi connectivity index (χ1) is 11.2. The Morgan fingerprint density at radius 3 is 2.48 bits per heavy atom. The van der Waals surface area contributed by atoms with Crippen molar-refractivity contribution in [2.24, 2.45) is 0 Å². The number of piperidine rings is 1. The first kappa shape index (κ1) is 15.0. The van der Waals surface area contributed by atoms with Crippen molar-refractivity contribution in [3.8, 4) is 0 Å². The molecule has 124 valence electrons. The largest absolute Gasteiger partial charge is 0.379 e. The van der Waals surface area contributed by atoms with Crippen LogP contribution in [0.15, 0.2) is 36.6 Å². The number of hydrogen-bond acceptors (Lipinski definition) is 4. The number of anilines is 1. The molecule has 2 saturated heterocycles. The second-order valence-electron chi connectivity index (χ2n) is 6.93. The molecule has 0 amide bonds. The highest BCUT2D eigenvalue weighted by atomic mass is 16.5. The maximum absolute atomic E-state index is 5.47. The van der Waals surface area contributed by atoms with Gasteiger partial charge in [-0.15, -0.1) is 0 Å². The van der Waals surface area contributed by atoms with E-state index in [2.05, 4.69) is 58.0 Å². The number of allylic oxidation sites excluding steroid dienone is 4. The van der Waals surface area contributed by atoms with E-state index in [0.717, 1.165) is 51.3 Å². The molecule has 0 saturated carbocycles. The Bertz CT molecular complexity index is 580. The van der Waals surface area contributed by atoms with Gasteiger partial charge in [0.2, 0.25) is 0 Å². The Labute approximate surface area is 138 Å². The Morgan fingerprint density at radius 2 is 1.78 bits per heavy atom. The fraction of sp³-hybridized carbons (Fsp3) is 0.611. The summed E-state index contributed by atoms with van der Waals surface area (Å²) in [6.07, 6.45) is 13.1. The Morgan fingerprint density at radius 1 is 1.09 bits per heavy atom. The number of aromatic nitrogens is 2. The fourth-order valence-electron chi connectivity index (χ4n) is 3.86. The van der Waals surface area contributed by atoms with Crippen molar-refractivity contribution in [2.45, 2.75) is 31.3 Å². The molecule has 1 aliphatic carbocycles. The summed E-state index contributed by atoms with van der Waals surface area (Å²) in [6.45, 7) is 8.36. The molecule has 3 heterocycles. The molecule has 23 heavy (non-hydrogen) atoms. The molecule has 0 bridgehead atoms. The average molecular weight is 314 g/mol. The SMILES string of the molecule is CC1(n2ccc(N3CCC(N4CCOCC4)CC3)n2)C=CC=C1. The van der Waals surface area contributed by atoms with Crippen LogP contribution in [0.3, 0.4) is 0 Å². The molecule has 3 aliphatic rings. The first-order valence-electron chi connectivity index (χ1n) is 8.75. The van der Waals surface area contributed by atoms with Gasteiger partial charge in [-0.3, -0.25) is 9.58 Å². The van der Waals surface area contributed by atoms with Crippen LogP contribution < -0.4 is 4.90 Å². The summed E-state index contributed by atoms with van der Waals surface area (Å²) in [5.74, 6) is 1.11. The lowest BCUT2D eigenvalue weighted by Crippen LogP contribution is -2.49. The Kier molecular flexibility index (Phi) is 3.99. The molecule has 0 radical (unpaired) electrons. The molecule has 1 aromatic heterocycles. The third-order valence-corrected chi connectivity index (χ3v) is 5.40. The molecular weight excluding hydrogens is 288 g/mol. The van der Waals surface area contributed by atoms with Crippen LogP contribution in [0.25, 0.3) is 0 Å². The predicted octanol–water partition coefficient (Wildman–Crippen LogP) is 2.03. The van der Waals surface area contributed by atoms with Gasteiger partial charge in [-0.05, 0) is 19.8 Å². The zero-order chi connectivity index (χ0) is 15.7. The van der Waals surface area contributed by atoms with Crippen LogP contribution in [-0.4, -0.2) is 60.1 Å². The normalized spacial score (nSPS) is 25.3. The minimum Gasteiger partial charge on any atom is -0.379 e. The zero-order valence-electron chi connectivity index (χ0n) is 13.9. The van der Waals surface area contributed by atoms with E-state index >= 15 is 0 Å². The first-order valence-corrected chi connectivity index (χ1v) is 8.75. The van der Waals surface area contributed by atoms with Gasteiger partial charge in [0, 0.05) is 44.5 Å². The van der Waals surface area contributed by atoms with Crippen molar-refractivity contribution in [2.75, 3.05) is 44.3 Å². The molecule has 1 aromatic rings. The summed E-state index contributed by atoms with van der Waals surface area (Å²) >= 11 is 0. The topological polar surface area (TPSA) is 33.5 Å². The molecule has 0 atom stereocenters. The van der Waals surface area contributed by atoms with Gasteiger partial charge in [-0.1, -0.05) is 24.3 Å². The predicted molar refractivity (Wildman–Crippen MR) is 91.8 cm³/mol. The summed E-state index contributed by atoms with van der Waals surface area (Å²) in [5, 5.41) is 4.83. The van der Waals surface area contributed by atoms with Crippen LogP contribution in [0.2, 0.25) is 0 Å². The van der Waals surface area contributed by atoms with Crippen molar-refractivity contribution in [3.63, 3.8) is 0 Å². The summed E-state index contributed by atoms with van der Waals surface area (Å²) in [7, 11) is 0. The average Bonchev–Trinajstić information content (AvgIpc) is 3.26. The van der Waals surface area contributed by atoms with E-state index in [-0.39, 0.29) is 5.54 Å². The smallest absolute Gasteiger partial charge is 0.150 e. The maximum atomic E-state index is 5.47. The minimum absolute atomic E-state index is 0.107. The molecule has 2 aliphatic heterocycles. The molecule has 5 heteroatoms. The molecule has 0 spiro atoms. The fourth-order valence-corrected chi connectivity index (χ4v) is 3.86. The van der Waals surface area contributed by atoms with E-state index in [1.807, 2.05) is 0 Å². The van der Waals surface area contributed by atoms with Crippen LogP contribution in [-0.2, 0) is 10.3 Å². The van der Waals surface area contributed by atoms with Crippen molar-refractivity contribution in [3.05, 3.63) is 36.6 Å². The lowest BCUT2D eigenvalue weighted by atomic mass is 10.0. The monoisotopic (exact) mass is 314 g/mol. The summed E-state index contributed by atoms with van der Waals surface area (Å²) in [6, 6.07) is 2.87. The van der Waals surface area contributed by atoms with Gasteiger partial charge in [-0.25, -0.2) is 0 Å². The highest BCUT2D eigenvalue weighted by Crippen LogP contribution is 2.27. The van der Waals surface area contributed by atoms with Crippen molar-refractivity contribution < 1.29 is 4.74 Å². The highest BCUT2D eigenvalue weighted by Gasteiger charge is 2.28. The van der Waals surface area contributed by atoms with E-state index in [9.17, 15) is 0 Å². The Hall–Kier alpha value is -1.59. The highest BCUT2D eigenvalue weighted by molar-refractivity contribution is 5.39. The van der Waals surface area contributed by atoms with Gasteiger partial charge in [0.15, 0.2) is 5.82 Å². The van der Waals surface area contributed by atoms with E-state index in [1.165, 1.54) is 12.8 Å². The van der Waals surface area contributed by atoms with Gasteiger partial charge < -0.3 is 9.64 Å². The molecule has 2 fully saturated rings. The quantitative estimate of drug-likeness (QED) is 0.855. The lowest BCUT2D eigenvalue weighted by molar-refractivity contribution is 0.0114. The number of rotatable bonds is 3. The number of hydrogen-bond donors (Lipinski definition) is 0.